The van der Waals surface area contributed by atoms with Crippen LogP contribution >= 0.6 is 0 Å². The molecule has 0 radical (unpaired) electrons. The number of rotatable bonds is 6. The van der Waals surface area contributed by atoms with Gasteiger partial charge in [0.1, 0.15) is 0 Å². The van der Waals surface area contributed by atoms with Crippen LogP contribution < -0.4 is 5.32 Å². The molecular weight excluding hydrogens is 234 g/mol. The Hall–Kier alpha value is -0.120. The molecular formula is C16H31N3. The fraction of sp³-hybridized carbons (Fsp3) is 1.00. The minimum absolute atomic E-state index is 0.595. The van der Waals surface area contributed by atoms with Gasteiger partial charge in [-0.3, -0.25) is 4.90 Å². The zero-order valence-corrected chi connectivity index (χ0v) is 12.7. The lowest BCUT2D eigenvalue weighted by Gasteiger charge is -2.40. The van der Waals surface area contributed by atoms with Crippen LogP contribution in [-0.2, 0) is 0 Å². The van der Waals surface area contributed by atoms with Crippen molar-refractivity contribution in [2.75, 3.05) is 45.8 Å². The molecule has 1 N–H and O–H groups in total. The summed E-state index contributed by atoms with van der Waals surface area (Å²) in [7, 11) is 0. The molecule has 110 valence electrons. The molecule has 0 bridgehead atoms. The highest BCUT2D eigenvalue weighted by atomic mass is 15.3. The van der Waals surface area contributed by atoms with Gasteiger partial charge in [0.25, 0.3) is 0 Å². The van der Waals surface area contributed by atoms with E-state index in [1.54, 1.807) is 0 Å². The normalized spacial score (nSPS) is 28.9. The first-order valence-electron chi connectivity index (χ1n) is 8.48. The Morgan fingerprint density at radius 3 is 2.32 bits per heavy atom. The van der Waals surface area contributed by atoms with E-state index in [2.05, 4.69) is 22.0 Å². The Bertz CT molecular complexity index is 274. The smallest absolute Gasteiger partial charge is 0.0113 e. The third-order valence-electron chi connectivity index (χ3n) is 5.44. The number of nitrogens with one attached hydrogen (secondary N) is 1. The maximum atomic E-state index is 3.62. The zero-order valence-electron chi connectivity index (χ0n) is 12.7. The van der Waals surface area contributed by atoms with Gasteiger partial charge in [0.2, 0.25) is 0 Å². The Morgan fingerprint density at radius 1 is 1.05 bits per heavy atom. The summed E-state index contributed by atoms with van der Waals surface area (Å²) in [6, 6.07) is 0.962. The lowest BCUT2D eigenvalue weighted by Crippen LogP contribution is -2.51. The molecule has 1 heterocycles. The van der Waals surface area contributed by atoms with Crippen LogP contribution in [0.25, 0.3) is 0 Å². The summed E-state index contributed by atoms with van der Waals surface area (Å²) in [6.45, 7) is 11.2. The fourth-order valence-electron chi connectivity index (χ4n) is 4.11. The maximum absolute atomic E-state index is 3.62. The van der Waals surface area contributed by atoms with Gasteiger partial charge in [0.05, 0.1) is 0 Å². The second-order valence-corrected chi connectivity index (χ2v) is 7.03. The van der Waals surface area contributed by atoms with E-state index in [0.717, 1.165) is 12.6 Å². The molecule has 3 nitrogen and oxygen atoms in total. The van der Waals surface area contributed by atoms with Gasteiger partial charge in [-0.15, -0.1) is 0 Å². The molecule has 19 heavy (non-hydrogen) atoms. The lowest BCUT2D eigenvalue weighted by molar-refractivity contribution is 0.0818. The van der Waals surface area contributed by atoms with Crippen LogP contribution in [0.5, 0.6) is 0 Å². The highest BCUT2D eigenvalue weighted by Gasteiger charge is 2.37. The third-order valence-corrected chi connectivity index (χ3v) is 5.44. The van der Waals surface area contributed by atoms with Gasteiger partial charge in [-0.25, -0.2) is 0 Å². The van der Waals surface area contributed by atoms with Crippen molar-refractivity contribution < 1.29 is 0 Å². The largest absolute Gasteiger partial charge is 0.316 e. The SMILES string of the molecule is CCNCC1(CN2CCN(C3CC3)CC2)CCCC1. The number of piperazine rings is 1. The lowest BCUT2D eigenvalue weighted by atomic mass is 9.85. The summed E-state index contributed by atoms with van der Waals surface area (Å²) in [5.41, 5.74) is 0.595. The Labute approximate surface area is 118 Å². The fourth-order valence-corrected chi connectivity index (χ4v) is 4.11. The molecule has 3 aliphatic rings. The van der Waals surface area contributed by atoms with Gasteiger partial charge in [-0.1, -0.05) is 19.8 Å². The molecule has 2 aliphatic carbocycles. The minimum atomic E-state index is 0.595. The first-order valence-corrected chi connectivity index (χ1v) is 8.48. The highest BCUT2D eigenvalue weighted by molar-refractivity contribution is 4.92. The van der Waals surface area contributed by atoms with Crippen LogP contribution in [0.3, 0.4) is 0 Å². The molecule has 3 fully saturated rings. The van der Waals surface area contributed by atoms with Crippen molar-refractivity contribution >= 4 is 0 Å². The van der Waals surface area contributed by atoms with Gasteiger partial charge in [0.15, 0.2) is 0 Å². The Balaban J connectivity index is 1.48. The predicted molar refractivity (Wildman–Crippen MR) is 80.5 cm³/mol. The molecule has 0 aromatic heterocycles. The molecule has 0 unspecified atom stereocenters. The minimum Gasteiger partial charge on any atom is -0.316 e. The second-order valence-electron chi connectivity index (χ2n) is 7.03. The molecule has 2 saturated carbocycles. The predicted octanol–water partition coefficient (Wildman–Crippen LogP) is 1.94. The van der Waals surface area contributed by atoms with E-state index in [4.69, 9.17) is 0 Å². The number of nitrogens with zero attached hydrogens (tertiary/aromatic N) is 2. The molecule has 0 aromatic rings. The summed E-state index contributed by atoms with van der Waals surface area (Å²) in [5, 5.41) is 3.62. The van der Waals surface area contributed by atoms with Crippen LogP contribution in [0.4, 0.5) is 0 Å². The van der Waals surface area contributed by atoms with Crippen LogP contribution in [0.1, 0.15) is 45.4 Å². The highest BCUT2D eigenvalue weighted by Crippen LogP contribution is 2.38. The topological polar surface area (TPSA) is 18.5 Å². The Morgan fingerprint density at radius 2 is 1.74 bits per heavy atom. The van der Waals surface area contributed by atoms with Gasteiger partial charge in [-0.2, -0.15) is 0 Å². The van der Waals surface area contributed by atoms with Gasteiger partial charge in [-0.05, 0) is 37.6 Å². The Kier molecular flexibility index (Phi) is 4.45. The first-order chi connectivity index (χ1) is 9.31. The number of hydrogen-bond donors (Lipinski definition) is 1. The molecule has 3 heteroatoms. The average molecular weight is 265 g/mol. The van der Waals surface area contributed by atoms with E-state index in [0.29, 0.717) is 5.41 Å². The van der Waals surface area contributed by atoms with E-state index in [1.165, 1.54) is 77.8 Å². The van der Waals surface area contributed by atoms with E-state index in [1.807, 2.05) is 0 Å². The van der Waals surface area contributed by atoms with Crippen molar-refractivity contribution in [1.29, 1.82) is 0 Å². The summed E-state index contributed by atoms with van der Waals surface area (Å²) < 4.78 is 0. The second kappa shape index (κ2) is 6.11. The zero-order chi connectivity index (χ0) is 13.1. The molecule has 1 aliphatic heterocycles. The number of hydrogen-bond acceptors (Lipinski definition) is 3. The average Bonchev–Trinajstić information content (AvgIpc) is 3.19. The molecule has 3 rings (SSSR count). The van der Waals surface area contributed by atoms with Gasteiger partial charge < -0.3 is 10.2 Å². The van der Waals surface area contributed by atoms with E-state index in [-0.39, 0.29) is 0 Å². The van der Waals surface area contributed by atoms with Gasteiger partial charge in [0, 0.05) is 45.3 Å². The summed E-state index contributed by atoms with van der Waals surface area (Å²) in [6.07, 6.45) is 8.72. The maximum Gasteiger partial charge on any atom is 0.0113 e. The van der Waals surface area contributed by atoms with Crippen molar-refractivity contribution in [3.8, 4) is 0 Å². The van der Waals surface area contributed by atoms with Crippen LogP contribution in [-0.4, -0.2) is 61.7 Å². The summed E-state index contributed by atoms with van der Waals surface area (Å²) in [4.78, 5) is 5.48. The molecule has 0 atom stereocenters. The quantitative estimate of drug-likeness (QED) is 0.792. The molecule has 1 saturated heterocycles. The van der Waals surface area contributed by atoms with Crippen molar-refractivity contribution in [3.05, 3.63) is 0 Å². The molecule has 0 amide bonds. The summed E-state index contributed by atoms with van der Waals surface area (Å²) in [5.74, 6) is 0. The van der Waals surface area contributed by atoms with Crippen LogP contribution in [0.15, 0.2) is 0 Å². The van der Waals surface area contributed by atoms with Crippen molar-refractivity contribution in [3.63, 3.8) is 0 Å². The molecule has 0 aromatic carbocycles. The van der Waals surface area contributed by atoms with Crippen molar-refractivity contribution in [1.82, 2.24) is 15.1 Å². The van der Waals surface area contributed by atoms with E-state index in [9.17, 15) is 0 Å². The summed E-state index contributed by atoms with van der Waals surface area (Å²) >= 11 is 0. The first kappa shape index (κ1) is 13.8. The standard InChI is InChI=1S/C16H31N3/c1-2-17-13-16(7-3-4-8-16)14-18-9-11-19(12-10-18)15-5-6-15/h15,17H,2-14H2,1H3. The van der Waals surface area contributed by atoms with Crippen molar-refractivity contribution in [2.45, 2.75) is 51.5 Å². The van der Waals surface area contributed by atoms with E-state index < -0.39 is 0 Å². The monoisotopic (exact) mass is 265 g/mol. The van der Waals surface area contributed by atoms with Gasteiger partial charge >= 0.3 is 0 Å². The van der Waals surface area contributed by atoms with Crippen LogP contribution in [0.2, 0.25) is 0 Å². The molecule has 0 spiro atoms. The third kappa shape index (κ3) is 3.50. The van der Waals surface area contributed by atoms with E-state index >= 15 is 0 Å². The van der Waals surface area contributed by atoms with Crippen molar-refractivity contribution in [2.24, 2.45) is 5.41 Å². The van der Waals surface area contributed by atoms with Crippen LogP contribution in [0, 0.1) is 5.41 Å².